The third-order valence-electron chi connectivity index (χ3n) is 3.34. The highest BCUT2D eigenvalue weighted by atomic mass is 32.2. The predicted molar refractivity (Wildman–Crippen MR) is 106 cm³/mol. The van der Waals surface area contributed by atoms with E-state index in [-0.39, 0.29) is 16.0 Å². The van der Waals surface area contributed by atoms with E-state index in [1.807, 2.05) is 0 Å². The molecule has 0 bridgehead atoms. The molecule has 0 saturated heterocycles. The van der Waals surface area contributed by atoms with Crippen LogP contribution in [0.15, 0.2) is 60.7 Å². The minimum Gasteiger partial charge on any atom is -0.480 e. The van der Waals surface area contributed by atoms with Gasteiger partial charge in [0.05, 0.1) is 0 Å². The van der Waals surface area contributed by atoms with Gasteiger partial charge in [0.1, 0.15) is 11.8 Å². The van der Waals surface area contributed by atoms with Crippen molar-refractivity contribution in [3.63, 3.8) is 0 Å². The van der Waals surface area contributed by atoms with Crippen LogP contribution in [0.1, 0.15) is 20.7 Å². The van der Waals surface area contributed by atoms with Gasteiger partial charge in [-0.15, -0.1) is 0 Å². The molecule has 1 atom stereocenters. The standard InChI is InChI=1S/C19H17NO5S2/c21-16(22)11-20-17(23)15(27-19(25)14-9-5-2-6-10-14)12-26-18(24)13-7-3-1-4-8-13/h1-10,15H,11-12H2,(H,20,23)(H,21,22). The van der Waals surface area contributed by atoms with Gasteiger partial charge in [-0.3, -0.25) is 19.2 Å². The molecule has 0 radical (unpaired) electrons. The molecule has 140 valence electrons. The highest BCUT2D eigenvalue weighted by molar-refractivity contribution is 8.18. The Morgan fingerprint density at radius 3 is 1.89 bits per heavy atom. The van der Waals surface area contributed by atoms with Gasteiger partial charge in [-0.1, -0.05) is 84.2 Å². The summed E-state index contributed by atoms with van der Waals surface area (Å²) in [6.07, 6.45) is 0. The fraction of sp³-hybridized carbons (Fsp3) is 0.158. The number of aliphatic carboxylic acids is 1. The van der Waals surface area contributed by atoms with E-state index < -0.39 is 23.7 Å². The van der Waals surface area contributed by atoms with Gasteiger partial charge in [-0.2, -0.15) is 0 Å². The van der Waals surface area contributed by atoms with E-state index in [1.54, 1.807) is 60.7 Å². The molecule has 2 N–H and O–H groups in total. The first-order chi connectivity index (χ1) is 13.0. The summed E-state index contributed by atoms with van der Waals surface area (Å²) in [6.45, 7) is -0.549. The number of amides is 1. The van der Waals surface area contributed by atoms with Crippen molar-refractivity contribution in [2.75, 3.05) is 12.3 Å². The van der Waals surface area contributed by atoms with Crippen molar-refractivity contribution in [2.24, 2.45) is 0 Å². The lowest BCUT2D eigenvalue weighted by molar-refractivity contribution is -0.137. The van der Waals surface area contributed by atoms with Crippen LogP contribution >= 0.6 is 23.5 Å². The second-order valence-electron chi connectivity index (χ2n) is 5.34. The molecule has 0 aliphatic rings. The van der Waals surface area contributed by atoms with E-state index in [0.717, 1.165) is 23.5 Å². The highest BCUT2D eigenvalue weighted by Crippen LogP contribution is 2.23. The summed E-state index contributed by atoms with van der Waals surface area (Å²) in [6, 6.07) is 17.0. The van der Waals surface area contributed by atoms with Crippen molar-refractivity contribution >= 4 is 45.6 Å². The van der Waals surface area contributed by atoms with Crippen molar-refractivity contribution < 1.29 is 24.3 Å². The summed E-state index contributed by atoms with van der Waals surface area (Å²) >= 11 is 1.69. The summed E-state index contributed by atoms with van der Waals surface area (Å²) < 4.78 is 0. The van der Waals surface area contributed by atoms with Gasteiger partial charge in [0.2, 0.25) is 16.1 Å². The van der Waals surface area contributed by atoms with Gasteiger partial charge in [-0.05, 0) is 0 Å². The molecular weight excluding hydrogens is 386 g/mol. The van der Waals surface area contributed by atoms with Crippen LogP contribution in [-0.4, -0.2) is 44.8 Å². The average molecular weight is 403 g/mol. The first kappa shape index (κ1) is 20.7. The van der Waals surface area contributed by atoms with Gasteiger partial charge in [0.25, 0.3) is 0 Å². The first-order valence-corrected chi connectivity index (χ1v) is 9.81. The molecule has 2 aromatic carbocycles. The summed E-state index contributed by atoms with van der Waals surface area (Å²) in [4.78, 5) is 47.6. The Balaban J connectivity index is 2.04. The van der Waals surface area contributed by atoms with Crippen LogP contribution in [-0.2, 0) is 9.59 Å². The maximum Gasteiger partial charge on any atom is 0.322 e. The van der Waals surface area contributed by atoms with Crippen molar-refractivity contribution in [1.29, 1.82) is 0 Å². The topological polar surface area (TPSA) is 101 Å². The number of benzene rings is 2. The maximum atomic E-state index is 12.4. The van der Waals surface area contributed by atoms with E-state index in [9.17, 15) is 19.2 Å². The molecule has 0 saturated carbocycles. The Kier molecular flexibility index (Phi) is 8.09. The third kappa shape index (κ3) is 6.92. The molecule has 0 aliphatic carbocycles. The monoisotopic (exact) mass is 403 g/mol. The van der Waals surface area contributed by atoms with E-state index in [4.69, 9.17) is 5.11 Å². The van der Waals surface area contributed by atoms with Crippen molar-refractivity contribution in [1.82, 2.24) is 5.32 Å². The minimum atomic E-state index is -1.19. The molecule has 2 aromatic rings. The lowest BCUT2D eigenvalue weighted by Gasteiger charge is -2.14. The summed E-state index contributed by atoms with van der Waals surface area (Å²) in [5.41, 5.74) is 0.921. The van der Waals surface area contributed by atoms with E-state index in [0.29, 0.717) is 11.1 Å². The zero-order valence-electron chi connectivity index (χ0n) is 14.2. The summed E-state index contributed by atoms with van der Waals surface area (Å²) in [5, 5.41) is 9.55. The fourth-order valence-corrected chi connectivity index (χ4v) is 3.97. The molecule has 0 heterocycles. The average Bonchev–Trinajstić information content (AvgIpc) is 2.70. The Hall–Kier alpha value is -2.58. The van der Waals surface area contributed by atoms with Gasteiger partial charge in [0, 0.05) is 16.9 Å². The van der Waals surface area contributed by atoms with E-state index in [2.05, 4.69) is 5.32 Å². The second kappa shape index (κ2) is 10.5. The zero-order chi connectivity index (χ0) is 19.6. The number of carboxylic acid groups (broad SMARTS) is 1. The van der Waals surface area contributed by atoms with Crippen molar-refractivity contribution in [3.05, 3.63) is 71.8 Å². The van der Waals surface area contributed by atoms with Crippen LogP contribution in [0.4, 0.5) is 0 Å². The molecular formula is C19H17NO5S2. The number of carbonyl (C=O) groups excluding carboxylic acids is 3. The second-order valence-corrected chi connectivity index (χ2v) is 7.50. The number of hydrogen-bond acceptors (Lipinski definition) is 6. The smallest absolute Gasteiger partial charge is 0.322 e. The molecule has 0 fully saturated rings. The number of rotatable bonds is 8. The predicted octanol–water partition coefficient (Wildman–Crippen LogP) is 2.70. The van der Waals surface area contributed by atoms with Gasteiger partial charge in [-0.25, -0.2) is 0 Å². The first-order valence-electron chi connectivity index (χ1n) is 7.95. The number of thioether (sulfide) groups is 2. The molecule has 0 aliphatic heterocycles. The largest absolute Gasteiger partial charge is 0.480 e. The Morgan fingerprint density at radius 1 is 0.852 bits per heavy atom. The molecule has 0 aromatic heterocycles. The summed E-state index contributed by atoms with van der Waals surface area (Å²) in [5.74, 6) is -1.74. The third-order valence-corrected chi connectivity index (χ3v) is 5.66. The quantitative estimate of drug-likeness (QED) is 0.699. The van der Waals surface area contributed by atoms with Crippen molar-refractivity contribution in [2.45, 2.75) is 5.25 Å². The molecule has 8 heteroatoms. The normalized spacial score (nSPS) is 11.4. The van der Waals surface area contributed by atoms with Gasteiger partial charge < -0.3 is 10.4 Å². The van der Waals surface area contributed by atoms with Crippen molar-refractivity contribution in [3.8, 4) is 0 Å². The molecule has 6 nitrogen and oxygen atoms in total. The van der Waals surface area contributed by atoms with E-state index >= 15 is 0 Å². The fourth-order valence-electron chi connectivity index (χ4n) is 2.02. The molecule has 1 unspecified atom stereocenters. The van der Waals surface area contributed by atoms with Gasteiger partial charge in [0.15, 0.2) is 0 Å². The van der Waals surface area contributed by atoms with E-state index in [1.165, 1.54) is 0 Å². The molecule has 27 heavy (non-hydrogen) atoms. The van der Waals surface area contributed by atoms with Crippen LogP contribution in [0, 0.1) is 0 Å². The summed E-state index contributed by atoms with van der Waals surface area (Å²) in [7, 11) is 0. The molecule has 1 amide bonds. The van der Waals surface area contributed by atoms with Crippen LogP contribution in [0.3, 0.4) is 0 Å². The zero-order valence-corrected chi connectivity index (χ0v) is 15.8. The lowest BCUT2D eigenvalue weighted by atomic mass is 10.2. The number of nitrogens with one attached hydrogen (secondary N) is 1. The Morgan fingerprint density at radius 2 is 1.37 bits per heavy atom. The SMILES string of the molecule is O=C(O)CNC(=O)C(CSC(=O)c1ccccc1)SC(=O)c1ccccc1. The van der Waals surface area contributed by atoms with Crippen LogP contribution in [0.25, 0.3) is 0 Å². The lowest BCUT2D eigenvalue weighted by Crippen LogP contribution is -2.38. The maximum absolute atomic E-state index is 12.4. The number of hydrogen-bond donors (Lipinski definition) is 2. The Bertz CT molecular complexity index is 811. The highest BCUT2D eigenvalue weighted by Gasteiger charge is 2.25. The Labute approximate surface area is 164 Å². The molecule has 2 rings (SSSR count). The number of carboxylic acids is 1. The molecule has 0 spiro atoms. The van der Waals surface area contributed by atoms with Crippen LogP contribution in [0.5, 0.6) is 0 Å². The van der Waals surface area contributed by atoms with Crippen LogP contribution < -0.4 is 5.32 Å². The van der Waals surface area contributed by atoms with Crippen LogP contribution in [0.2, 0.25) is 0 Å². The minimum absolute atomic E-state index is 0.0441. The number of carbonyl (C=O) groups is 4. The van der Waals surface area contributed by atoms with Gasteiger partial charge >= 0.3 is 5.97 Å².